The van der Waals surface area contributed by atoms with Crippen molar-refractivity contribution < 1.29 is 4.79 Å². The highest BCUT2D eigenvalue weighted by atomic mass is 16.1. The van der Waals surface area contributed by atoms with Crippen LogP contribution in [-0.4, -0.2) is 22.4 Å². The highest BCUT2D eigenvalue weighted by molar-refractivity contribution is 6.07. The second-order valence-corrected chi connectivity index (χ2v) is 5.95. The molecule has 0 aliphatic heterocycles. The molecule has 0 unspecified atom stereocenters. The van der Waals surface area contributed by atoms with Crippen molar-refractivity contribution in [2.75, 3.05) is 11.1 Å². The van der Waals surface area contributed by atoms with Crippen molar-refractivity contribution in [3.63, 3.8) is 0 Å². The molecule has 7 nitrogen and oxygen atoms in total. The SMILES string of the molecule is CC(N)=N/N=C(\C)c1ccc(NC(=O)c2cc3cccc(N)c3[nH]2)cc1. The monoisotopic (exact) mass is 348 g/mol. The average Bonchev–Trinajstić information content (AvgIpc) is 3.06. The molecule has 0 aliphatic carbocycles. The van der Waals surface area contributed by atoms with E-state index in [0.717, 1.165) is 22.2 Å². The number of para-hydroxylation sites is 1. The molecule has 7 heteroatoms. The maximum absolute atomic E-state index is 12.5. The molecule has 3 aromatic rings. The summed E-state index contributed by atoms with van der Waals surface area (Å²) >= 11 is 0. The van der Waals surface area contributed by atoms with Gasteiger partial charge in [-0.05, 0) is 43.7 Å². The third-order valence-corrected chi connectivity index (χ3v) is 3.85. The summed E-state index contributed by atoms with van der Waals surface area (Å²) in [6.07, 6.45) is 0. The standard InChI is InChI=1S/C19H20N6O/c1-11(24-25-12(2)20)13-6-8-15(9-7-13)22-19(26)17-10-14-4-3-5-16(21)18(14)23-17/h3-10,23H,21H2,1-2H3,(H2,20,25)(H,22,26)/b24-11+. The summed E-state index contributed by atoms with van der Waals surface area (Å²) in [6.45, 7) is 3.52. The number of fused-ring (bicyclic) bond motifs is 1. The zero-order valence-corrected chi connectivity index (χ0v) is 14.6. The van der Waals surface area contributed by atoms with Crippen LogP contribution in [0.4, 0.5) is 11.4 Å². The van der Waals surface area contributed by atoms with Crippen molar-refractivity contribution in [1.29, 1.82) is 0 Å². The van der Waals surface area contributed by atoms with Crippen LogP contribution in [0.5, 0.6) is 0 Å². The number of hydrogen-bond acceptors (Lipinski definition) is 4. The topological polar surface area (TPSA) is 122 Å². The number of amides is 1. The molecule has 0 aliphatic rings. The fourth-order valence-electron chi connectivity index (χ4n) is 2.51. The van der Waals surface area contributed by atoms with Gasteiger partial charge in [0.15, 0.2) is 0 Å². The molecule has 3 rings (SSSR count). The molecule has 6 N–H and O–H groups in total. The van der Waals surface area contributed by atoms with Crippen molar-refractivity contribution in [2.24, 2.45) is 15.9 Å². The number of nitrogen functional groups attached to an aromatic ring is 1. The molecular formula is C19H20N6O. The number of nitrogens with one attached hydrogen (secondary N) is 2. The Hall–Kier alpha value is -3.61. The van der Waals surface area contributed by atoms with Crippen molar-refractivity contribution in [3.05, 3.63) is 59.8 Å². The van der Waals surface area contributed by atoms with Crippen molar-refractivity contribution in [2.45, 2.75) is 13.8 Å². The Morgan fingerprint density at radius 2 is 1.81 bits per heavy atom. The molecule has 0 fully saturated rings. The van der Waals surface area contributed by atoms with Gasteiger partial charge >= 0.3 is 0 Å². The number of rotatable bonds is 4. The zero-order chi connectivity index (χ0) is 18.7. The van der Waals surface area contributed by atoms with Gasteiger partial charge in [0.1, 0.15) is 11.5 Å². The first-order valence-electron chi connectivity index (χ1n) is 8.07. The van der Waals surface area contributed by atoms with Crippen LogP contribution in [0.15, 0.2) is 58.7 Å². The third-order valence-electron chi connectivity index (χ3n) is 3.85. The van der Waals surface area contributed by atoms with Crippen LogP contribution in [0.25, 0.3) is 10.9 Å². The Kier molecular flexibility index (Phi) is 4.70. The van der Waals surface area contributed by atoms with E-state index in [1.54, 1.807) is 19.1 Å². The molecule has 1 heterocycles. The summed E-state index contributed by atoms with van der Waals surface area (Å²) in [4.78, 5) is 15.5. The number of amidine groups is 1. The van der Waals surface area contributed by atoms with E-state index in [0.29, 0.717) is 22.9 Å². The van der Waals surface area contributed by atoms with E-state index in [9.17, 15) is 4.79 Å². The number of aromatic amines is 1. The Bertz CT molecular complexity index is 1010. The van der Waals surface area contributed by atoms with Crippen LogP contribution in [0.1, 0.15) is 29.9 Å². The Morgan fingerprint density at radius 1 is 1.08 bits per heavy atom. The van der Waals surface area contributed by atoms with E-state index in [4.69, 9.17) is 11.5 Å². The van der Waals surface area contributed by atoms with Crippen molar-refractivity contribution in [1.82, 2.24) is 4.98 Å². The molecular weight excluding hydrogens is 328 g/mol. The molecule has 1 aromatic heterocycles. The van der Waals surface area contributed by atoms with Crippen LogP contribution in [-0.2, 0) is 0 Å². The predicted octanol–water partition coefficient (Wildman–Crippen LogP) is 3.10. The maximum Gasteiger partial charge on any atom is 0.272 e. The largest absolute Gasteiger partial charge is 0.397 e. The van der Waals surface area contributed by atoms with Gasteiger partial charge in [-0.3, -0.25) is 4.79 Å². The fourth-order valence-corrected chi connectivity index (χ4v) is 2.51. The van der Waals surface area contributed by atoms with Gasteiger partial charge in [-0.2, -0.15) is 5.10 Å². The van der Waals surface area contributed by atoms with E-state index < -0.39 is 0 Å². The number of carbonyl (C=O) groups excluding carboxylic acids is 1. The quantitative estimate of drug-likeness (QED) is 0.251. The minimum absolute atomic E-state index is 0.234. The number of anilines is 2. The maximum atomic E-state index is 12.5. The highest BCUT2D eigenvalue weighted by Gasteiger charge is 2.11. The lowest BCUT2D eigenvalue weighted by molar-refractivity contribution is 0.102. The minimum atomic E-state index is -0.234. The van der Waals surface area contributed by atoms with Crippen molar-refractivity contribution >= 4 is 39.7 Å². The number of nitrogens with two attached hydrogens (primary N) is 2. The number of hydrogen-bond donors (Lipinski definition) is 4. The molecule has 132 valence electrons. The fraction of sp³-hybridized carbons (Fsp3) is 0.105. The van der Waals surface area contributed by atoms with E-state index in [1.807, 2.05) is 43.3 Å². The van der Waals surface area contributed by atoms with E-state index in [2.05, 4.69) is 20.5 Å². The summed E-state index contributed by atoms with van der Waals surface area (Å²) in [6, 6.07) is 14.7. The molecule has 0 saturated carbocycles. The Morgan fingerprint density at radius 3 is 2.46 bits per heavy atom. The lowest BCUT2D eigenvalue weighted by Crippen LogP contribution is -2.12. The van der Waals surface area contributed by atoms with Crippen LogP contribution < -0.4 is 16.8 Å². The first-order chi connectivity index (χ1) is 12.4. The number of H-pyrrole nitrogens is 1. The lowest BCUT2D eigenvalue weighted by atomic mass is 10.1. The van der Waals surface area contributed by atoms with E-state index >= 15 is 0 Å². The van der Waals surface area contributed by atoms with E-state index in [-0.39, 0.29) is 5.91 Å². The summed E-state index contributed by atoms with van der Waals surface area (Å²) < 4.78 is 0. The van der Waals surface area contributed by atoms with Crippen LogP contribution in [0.3, 0.4) is 0 Å². The van der Waals surface area contributed by atoms with Crippen LogP contribution >= 0.6 is 0 Å². The van der Waals surface area contributed by atoms with Gasteiger partial charge in [-0.25, -0.2) is 0 Å². The number of carbonyl (C=O) groups is 1. The average molecular weight is 348 g/mol. The zero-order valence-electron chi connectivity index (χ0n) is 14.6. The first-order valence-corrected chi connectivity index (χ1v) is 8.07. The summed E-state index contributed by atoms with van der Waals surface area (Å²) in [5.74, 6) is 0.161. The van der Waals surface area contributed by atoms with Gasteiger partial charge < -0.3 is 21.8 Å². The second-order valence-electron chi connectivity index (χ2n) is 5.95. The summed E-state index contributed by atoms with van der Waals surface area (Å²) in [5, 5.41) is 11.6. The molecule has 0 atom stereocenters. The molecule has 0 spiro atoms. The smallest absolute Gasteiger partial charge is 0.272 e. The van der Waals surface area contributed by atoms with E-state index in [1.165, 1.54) is 0 Å². The van der Waals surface area contributed by atoms with Gasteiger partial charge in [0, 0.05) is 11.1 Å². The van der Waals surface area contributed by atoms with Crippen LogP contribution in [0.2, 0.25) is 0 Å². The number of benzene rings is 2. The second kappa shape index (κ2) is 7.10. The molecule has 26 heavy (non-hydrogen) atoms. The Balaban J connectivity index is 1.76. The van der Waals surface area contributed by atoms with Gasteiger partial charge in [0.2, 0.25) is 0 Å². The van der Waals surface area contributed by atoms with Gasteiger partial charge in [0.05, 0.1) is 16.9 Å². The molecule has 0 radical (unpaired) electrons. The number of aromatic nitrogens is 1. The predicted molar refractivity (Wildman–Crippen MR) is 107 cm³/mol. The molecule has 0 bridgehead atoms. The van der Waals surface area contributed by atoms with Crippen molar-refractivity contribution in [3.8, 4) is 0 Å². The minimum Gasteiger partial charge on any atom is -0.397 e. The Labute approximate surface area is 150 Å². The highest BCUT2D eigenvalue weighted by Crippen LogP contribution is 2.22. The molecule has 1 amide bonds. The lowest BCUT2D eigenvalue weighted by Gasteiger charge is -2.05. The normalized spacial score (nSPS) is 12.4. The summed E-state index contributed by atoms with van der Waals surface area (Å²) in [5.41, 5.74) is 15.5. The van der Waals surface area contributed by atoms with Gasteiger partial charge in [-0.1, -0.05) is 24.3 Å². The first kappa shape index (κ1) is 17.2. The molecule has 2 aromatic carbocycles. The van der Waals surface area contributed by atoms with Gasteiger partial charge in [0.25, 0.3) is 5.91 Å². The third kappa shape index (κ3) is 3.72. The summed E-state index contributed by atoms with van der Waals surface area (Å²) in [7, 11) is 0. The number of nitrogens with zero attached hydrogens (tertiary/aromatic N) is 2. The van der Waals surface area contributed by atoms with Gasteiger partial charge in [-0.15, -0.1) is 5.10 Å². The molecule has 0 saturated heterocycles. The van der Waals surface area contributed by atoms with Crippen LogP contribution in [0, 0.1) is 0 Å².